The lowest BCUT2D eigenvalue weighted by Crippen LogP contribution is -2.30. The number of hydrogen-bond acceptors (Lipinski definition) is 2. The molecule has 1 aliphatic carbocycles. The van der Waals surface area contributed by atoms with Crippen molar-refractivity contribution < 1.29 is 0 Å². The number of aryl methyl sites for hydroxylation is 1. The molecule has 13 rings (SSSR count). The van der Waals surface area contributed by atoms with E-state index >= 15 is 0 Å². The molecule has 60 heavy (non-hydrogen) atoms. The monoisotopic (exact) mass is 768 g/mol. The summed E-state index contributed by atoms with van der Waals surface area (Å²) in [6.07, 6.45) is 7.82. The molecule has 4 heteroatoms. The van der Waals surface area contributed by atoms with E-state index < -0.39 is 0 Å². The summed E-state index contributed by atoms with van der Waals surface area (Å²) in [6.45, 7) is 4.42. The minimum absolute atomic E-state index is 0.213. The van der Waals surface area contributed by atoms with Crippen molar-refractivity contribution in [1.82, 2.24) is 8.80 Å². The van der Waals surface area contributed by atoms with Gasteiger partial charge in [-0.25, -0.2) is 0 Å². The van der Waals surface area contributed by atoms with E-state index in [2.05, 4.69) is 221 Å². The zero-order valence-electron chi connectivity index (χ0n) is 33.5. The molecule has 284 valence electrons. The van der Waals surface area contributed by atoms with Gasteiger partial charge in [0, 0.05) is 60.2 Å². The van der Waals surface area contributed by atoms with E-state index in [1.165, 1.54) is 104 Å². The first-order valence-corrected chi connectivity index (χ1v) is 21.0. The fraction of sp³-hybridized carbons (Fsp3) is 0.0714. The van der Waals surface area contributed by atoms with Gasteiger partial charge in [-0.2, -0.15) is 0 Å². The smallest absolute Gasteiger partial charge is 0.0621 e. The molecular formula is C56H40N4. The zero-order valence-corrected chi connectivity index (χ0v) is 33.5. The summed E-state index contributed by atoms with van der Waals surface area (Å²) in [5, 5.41) is 10.2. The second-order valence-electron chi connectivity index (χ2n) is 16.7. The van der Waals surface area contributed by atoms with Gasteiger partial charge in [0.15, 0.2) is 0 Å². The summed E-state index contributed by atoms with van der Waals surface area (Å²) in [5.74, 6) is 0. The minimum atomic E-state index is 0.213. The molecule has 0 spiro atoms. The van der Waals surface area contributed by atoms with Crippen molar-refractivity contribution in [1.29, 1.82) is 0 Å². The molecular weight excluding hydrogens is 729 g/mol. The van der Waals surface area contributed by atoms with Crippen LogP contribution in [0.25, 0.3) is 76.2 Å². The molecule has 0 N–H and O–H groups in total. The number of para-hydroxylation sites is 4. The second-order valence-corrected chi connectivity index (χ2v) is 16.7. The molecule has 0 fully saturated rings. The van der Waals surface area contributed by atoms with Crippen molar-refractivity contribution in [2.45, 2.75) is 26.3 Å². The lowest BCUT2D eigenvalue weighted by atomic mass is 9.98. The highest BCUT2D eigenvalue weighted by atomic mass is 15.2. The van der Waals surface area contributed by atoms with Crippen LogP contribution in [0.5, 0.6) is 0 Å². The van der Waals surface area contributed by atoms with Gasteiger partial charge >= 0.3 is 0 Å². The number of hydrogen-bond donors (Lipinski definition) is 0. The van der Waals surface area contributed by atoms with Crippen molar-refractivity contribution in [3.05, 3.63) is 199 Å². The topological polar surface area (TPSA) is 15.3 Å². The summed E-state index contributed by atoms with van der Waals surface area (Å²) < 4.78 is 5.09. The lowest BCUT2D eigenvalue weighted by molar-refractivity contribution is 0.759. The first-order valence-electron chi connectivity index (χ1n) is 21.0. The predicted octanol–water partition coefficient (Wildman–Crippen LogP) is 15.2. The van der Waals surface area contributed by atoms with Crippen LogP contribution in [0, 0.1) is 6.92 Å². The summed E-state index contributed by atoms with van der Waals surface area (Å²) in [4.78, 5) is 4.98. The van der Waals surface area contributed by atoms with Crippen molar-refractivity contribution in [3.8, 4) is 0 Å². The lowest BCUT2D eigenvalue weighted by Gasteiger charge is -2.34. The molecule has 1 aliphatic rings. The maximum absolute atomic E-state index is 2.56. The largest absolute Gasteiger partial charge is 0.334 e. The summed E-state index contributed by atoms with van der Waals surface area (Å²) in [6, 6.07) is 63.2. The van der Waals surface area contributed by atoms with E-state index in [-0.39, 0.29) is 6.04 Å². The molecule has 1 unspecified atom stereocenters. The van der Waals surface area contributed by atoms with E-state index in [0.29, 0.717) is 0 Å². The Labute approximate surface area is 347 Å². The van der Waals surface area contributed by atoms with E-state index in [0.717, 1.165) is 17.8 Å². The fourth-order valence-corrected chi connectivity index (χ4v) is 10.8. The molecule has 12 aromatic rings. The van der Waals surface area contributed by atoms with Gasteiger partial charge in [-0.05, 0) is 98.6 Å². The quantitative estimate of drug-likeness (QED) is 0.167. The molecule has 4 heterocycles. The van der Waals surface area contributed by atoms with Gasteiger partial charge in [0.05, 0.1) is 50.5 Å². The number of anilines is 5. The average Bonchev–Trinajstić information content (AvgIpc) is 4.01. The Hall–Kier alpha value is -7.56. The number of benzene rings is 8. The van der Waals surface area contributed by atoms with Gasteiger partial charge in [0.1, 0.15) is 0 Å². The molecule has 0 radical (unpaired) electrons. The zero-order chi connectivity index (χ0) is 39.6. The van der Waals surface area contributed by atoms with Crippen LogP contribution in [0.15, 0.2) is 194 Å². The van der Waals surface area contributed by atoms with Gasteiger partial charge in [0.25, 0.3) is 0 Å². The number of aromatic nitrogens is 2. The summed E-state index contributed by atoms with van der Waals surface area (Å²) in [5.41, 5.74) is 16.1. The Morgan fingerprint density at radius 2 is 0.983 bits per heavy atom. The third kappa shape index (κ3) is 4.56. The molecule has 4 nitrogen and oxygen atoms in total. The summed E-state index contributed by atoms with van der Waals surface area (Å²) in [7, 11) is 0. The Morgan fingerprint density at radius 1 is 0.450 bits per heavy atom. The fourth-order valence-electron chi connectivity index (χ4n) is 10.8. The normalized spacial score (nSPS) is 14.6. The molecule has 1 atom stereocenters. The summed E-state index contributed by atoms with van der Waals surface area (Å²) >= 11 is 0. The minimum Gasteiger partial charge on any atom is -0.334 e. The molecule has 0 saturated carbocycles. The highest BCUT2D eigenvalue weighted by molar-refractivity contribution is 6.31. The van der Waals surface area contributed by atoms with Gasteiger partial charge in [-0.1, -0.05) is 121 Å². The van der Waals surface area contributed by atoms with Crippen LogP contribution in [0.3, 0.4) is 0 Å². The van der Waals surface area contributed by atoms with Crippen molar-refractivity contribution in [3.63, 3.8) is 0 Å². The maximum atomic E-state index is 2.56. The Morgan fingerprint density at radius 3 is 1.60 bits per heavy atom. The first-order chi connectivity index (χ1) is 29.6. The van der Waals surface area contributed by atoms with Crippen molar-refractivity contribution in [2.75, 3.05) is 9.80 Å². The van der Waals surface area contributed by atoms with Gasteiger partial charge in [-0.15, -0.1) is 0 Å². The third-order valence-electron chi connectivity index (χ3n) is 13.1. The molecule has 8 aromatic carbocycles. The Kier molecular flexibility index (Phi) is 6.95. The molecule has 0 amide bonds. The van der Waals surface area contributed by atoms with E-state index in [1.54, 1.807) is 0 Å². The number of rotatable bonds is 6. The van der Waals surface area contributed by atoms with Crippen LogP contribution < -0.4 is 9.80 Å². The number of allylic oxidation sites excluding steroid dienone is 2. The van der Waals surface area contributed by atoms with Crippen molar-refractivity contribution in [2.24, 2.45) is 0 Å². The predicted molar refractivity (Wildman–Crippen MR) is 255 cm³/mol. The van der Waals surface area contributed by atoms with E-state index in [1.807, 2.05) is 0 Å². The molecule has 4 aromatic heterocycles. The van der Waals surface area contributed by atoms with E-state index in [9.17, 15) is 0 Å². The van der Waals surface area contributed by atoms with Gasteiger partial charge in [0.2, 0.25) is 0 Å². The number of fused-ring (bicyclic) bond motifs is 12. The molecule has 0 aliphatic heterocycles. The van der Waals surface area contributed by atoms with E-state index in [4.69, 9.17) is 0 Å². The van der Waals surface area contributed by atoms with Gasteiger partial charge in [-0.3, -0.25) is 0 Å². The molecule has 0 saturated heterocycles. The number of nitrogens with zero attached hydrogens (tertiary/aromatic N) is 4. The van der Waals surface area contributed by atoms with Crippen LogP contribution >= 0.6 is 0 Å². The highest BCUT2D eigenvalue weighted by Gasteiger charge is 2.28. The highest BCUT2D eigenvalue weighted by Crippen LogP contribution is 2.49. The van der Waals surface area contributed by atoms with Crippen LogP contribution in [0.4, 0.5) is 28.4 Å². The average molecular weight is 769 g/mol. The Bertz CT molecular complexity index is 3720. The standard InChI is InChI=1S/C56H40N4/c1-35-15-9-21-39(31-35)57(37-17-5-3-6-18-37)47-27-13-29-49-53(47)43-25-11-23-41-45-34-52-46(33-51(45)59(49)55(41)43)42-24-12-26-44-54-48(28-14-30-50(54)60(52)56(42)44)58(38-19-7-4-8-20-38)40-22-10-16-36(2)32-40/h3-31,33-34,40H,32H2,1-2H3. The second kappa shape index (κ2) is 12.5. The first kappa shape index (κ1) is 33.4. The van der Waals surface area contributed by atoms with Crippen LogP contribution in [0.2, 0.25) is 0 Å². The third-order valence-corrected chi connectivity index (χ3v) is 13.1. The maximum Gasteiger partial charge on any atom is 0.0621 e. The Balaban J connectivity index is 1.09. The molecule has 0 bridgehead atoms. The van der Waals surface area contributed by atoms with Crippen LogP contribution in [-0.4, -0.2) is 14.8 Å². The SMILES string of the molecule is CC1=CC=CC(N(c2ccccc2)c2cccc3c2c2cccc4c5cc6c(cc5n3c42)c2cccc3c4c(N(c5ccccc5)c5cccc(C)c5)cccc4n6c23)C1. The van der Waals surface area contributed by atoms with Crippen molar-refractivity contribution >= 4 is 105 Å². The van der Waals surface area contributed by atoms with Crippen LogP contribution in [0.1, 0.15) is 18.9 Å². The van der Waals surface area contributed by atoms with Gasteiger partial charge < -0.3 is 18.6 Å². The van der Waals surface area contributed by atoms with Crippen LogP contribution in [-0.2, 0) is 0 Å².